The first-order chi connectivity index (χ1) is 11.2. The minimum absolute atomic E-state index is 0.239. The number of nitrogens with zero attached hydrogens (tertiary/aromatic N) is 1. The molecule has 0 radical (unpaired) electrons. The van der Waals surface area contributed by atoms with Crippen molar-refractivity contribution in [2.75, 3.05) is 4.72 Å². The fourth-order valence-electron chi connectivity index (χ4n) is 1.94. The summed E-state index contributed by atoms with van der Waals surface area (Å²) in [6.07, 6.45) is 1.42. The van der Waals surface area contributed by atoms with Crippen molar-refractivity contribution < 1.29 is 31.5 Å². The zero-order valence-electron chi connectivity index (χ0n) is 12.1. The first kappa shape index (κ1) is 18.2. The summed E-state index contributed by atoms with van der Waals surface area (Å²) in [5, 5.41) is 8.79. The van der Waals surface area contributed by atoms with E-state index in [0.29, 0.717) is 0 Å². The average molecular weight is 380 g/mol. The van der Waals surface area contributed by atoms with Crippen LogP contribution in [0.1, 0.15) is 24.1 Å². The largest absolute Gasteiger partial charge is 0.481 e. The Balaban J connectivity index is 2.35. The van der Waals surface area contributed by atoms with Gasteiger partial charge in [-0.2, -0.15) is 0 Å². The van der Waals surface area contributed by atoms with Gasteiger partial charge in [-0.05, 0) is 6.42 Å². The molecule has 0 aliphatic carbocycles. The molecule has 0 fully saturated rings. The minimum Gasteiger partial charge on any atom is -0.481 e. The Labute approximate surface area is 139 Å². The molecule has 0 aliphatic heterocycles. The van der Waals surface area contributed by atoms with Crippen molar-refractivity contribution in [3.05, 3.63) is 40.7 Å². The zero-order valence-corrected chi connectivity index (χ0v) is 13.7. The van der Waals surface area contributed by atoms with Crippen molar-refractivity contribution in [1.82, 2.24) is 4.98 Å². The summed E-state index contributed by atoms with van der Waals surface area (Å²) in [5.41, 5.74) is 0. The Morgan fingerprint density at radius 2 is 1.92 bits per heavy atom. The molecule has 6 nitrogen and oxygen atoms in total. The van der Waals surface area contributed by atoms with Crippen LogP contribution in [0, 0.1) is 17.5 Å². The van der Waals surface area contributed by atoms with Gasteiger partial charge in [-0.1, -0.05) is 6.92 Å². The van der Waals surface area contributed by atoms with Crippen LogP contribution in [0.25, 0.3) is 0 Å². The maximum atomic E-state index is 13.6. The highest BCUT2D eigenvalue weighted by Gasteiger charge is 2.27. The van der Waals surface area contributed by atoms with E-state index in [4.69, 9.17) is 5.11 Å². The third kappa shape index (κ3) is 3.67. The SMILES string of the molecule is CCC(C(=O)O)c1cnc(NS(=O)(=O)c2c(F)cc(F)cc2F)s1. The number of benzene rings is 1. The topological polar surface area (TPSA) is 96.4 Å². The number of hydrogen-bond donors (Lipinski definition) is 2. The van der Waals surface area contributed by atoms with Crippen LogP contribution in [0.3, 0.4) is 0 Å². The molecule has 2 rings (SSSR count). The Morgan fingerprint density at radius 3 is 2.42 bits per heavy atom. The predicted octanol–water partition coefficient (Wildman–Crippen LogP) is 2.94. The van der Waals surface area contributed by atoms with Crippen LogP contribution in [-0.2, 0) is 14.8 Å². The van der Waals surface area contributed by atoms with E-state index >= 15 is 0 Å². The van der Waals surface area contributed by atoms with E-state index in [1.54, 1.807) is 6.92 Å². The number of carboxylic acid groups (broad SMARTS) is 1. The standard InChI is InChI=1S/C13H11F3N2O4S2/c1-2-7(12(19)20)10-5-17-13(23-10)18-24(21,22)11-8(15)3-6(14)4-9(11)16/h3-5,7H,2H2,1H3,(H,17,18)(H,19,20). The van der Waals surface area contributed by atoms with Gasteiger partial charge in [0.25, 0.3) is 10.0 Å². The number of halogens is 3. The third-order valence-corrected chi connectivity index (χ3v) is 5.57. The molecule has 130 valence electrons. The summed E-state index contributed by atoms with van der Waals surface area (Å²) in [6.45, 7) is 1.63. The van der Waals surface area contributed by atoms with Gasteiger partial charge in [-0.3, -0.25) is 9.52 Å². The monoisotopic (exact) mass is 380 g/mol. The molecule has 1 unspecified atom stereocenters. The van der Waals surface area contributed by atoms with Crippen LogP contribution in [0.15, 0.2) is 23.2 Å². The summed E-state index contributed by atoms with van der Waals surface area (Å²) >= 11 is 0.729. The molecule has 0 spiro atoms. The quantitative estimate of drug-likeness (QED) is 0.803. The molecule has 2 N–H and O–H groups in total. The second-order valence-corrected chi connectivity index (χ2v) is 7.35. The highest BCUT2D eigenvalue weighted by Crippen LogP contribution is 2.30. The zero-order chi connectivity index (χ0) is 18.1. The molecule has 0 amide bonds. The third-order valence-electron chi connectivity index (χ3n) is 3.03. The van der Waals surface area contributed by atoms with Gasteiger partial charge in [0.1, 0.15) is 17.5 Å². The van der Waals surface area contributed by atoms with E-state index in [2.05, 4.69) is 4.98 Å². The number of hydrogen-bond acceptors (Lipinski definition) is 5. The van der Waals surface area contributed by atoms with E-state index in [0.717, 1.165) is 11.3 Å². The summed E-state index contributed by atoms with van der Waals surface area (Å²) in [6, 6.07) is 0.477. The van der Waals surface area contributed by atoms with Crippen LogP contribution in [0.2, 0.25) is 0 Å². The van der Waals surface area contributed by atoms with Crippen molar-refractivity contribution in [1.29, 1.82) is 0 Å². The predicted molar refractivity (Wildman–Crippen MR) is 79.9 cm³/mol. The number of aliphatic carboxylic acids is 1. The lowest BCUT2D eigenvalue weighted by Crippen LogP contribution is -2.16. The molecule has 0 aliphatic rings. The van der Waals surface area contributed by atoms with Gasteiger partial charge in [0.05, 0.1) is 5.92 Å². The first-order valence-electron chi connectivity index (χ1n) is 6.51. The van der Waals surface area contributed by atoms with Crippen molar-refractivity contribution in [3.8, 4) is 0 Å². The van der Waals surface area contributed by atoms with Gasteiger partial charge in [0.15, 0.2) is 10.0 Å². The number of carbonyl (C=O) groups is 1. The second-order valence-electron chi connectivity index (χ2n) is 4.67. The van der Waals surface area contributed by atoms with Crippen molar-refractivity contribution in [2.24, 2.45) is 0 Å². The van der Waals surface area contributed by atoms with E-state index in [9.17, 15) is 26.4 Å². The number of anilines is 1. The molecular weight excluding hydrogens is 369 g/mol. The molecule has 1 aromatic carbocycles. The van der Waals surface area contributed by atoms with Crippen LogP contribution >= 0.6 is 11.3 Å². The average Bonchev–Trinajstić information content (AvgIpc) is 2.84. The number of aromatic nitrogens is 1. The minimum atomic E-state index is -4.70. The normalized spacial score (nSPS) is 12.8. The van der Waals surface area contributed by atoms with Gasteiger partial charge in [-0.25, -0.2) is 26.6 Å². The molecule has 1 aromatic heterocycles. The van der Waals surface area contributed by atoms with Crippen LogP contribution in [0.4, 0.5) is 18.3 Å². The lowest BCUT2D eigenvalue weighted by Gasteiger charge is -2.08. The number of rotatable bonds is 6. The molecule has 24 heavy (non-hydrogen) atoms. The molecule has 0 saturated carbocycles. The van der Waals surface area contributed by atoms with Gasteiger partial charge in [-0.15, -0.1) is 11.3 Å². The summed E-state index contributed by atoms with van der Waals surface area (Å²) in [4.78, 5) is 13.7. The Hall–Kier alpha value is -2.14. The van der Waals surface area contributed by atoms with Crippen molar-refractivity contribution in [3.63, 3.8) is 0 Å². The fourth-order valence-corrected chi connectivity index (χ4v) is 4.30. The van der Waals surface area contributed by atoms with E-state index in [1.165, 1.54) is 6.20 Å². The fraction of sp³-hybridized carbons (Fsp3) is 0.231. The van der Waals surface area contributed by atoms with Gasteiger partial charge in [0, 0.05) is 23.2 Å². The Kier molecular flexibility index (Phi) is 5.13. The summed E-state index contributed by atoms with van der Waals surface area (Å²) in [5.74, 6) is -6.42. The van der Waals surface area contributed by atoms with Crippen LogP contribution in [0.5, 0.6) is 0 Å². The van der Waals surface area contributed by atoms with Crippen molar-refractivity contribution in [2.45, 2.75) is 24.2 Å². The number of nitrogens with one attached hydrogen (secondary N) is 1. The Bertz CT molecular complexity index is 860. The Morgan fingerprint density at radius 1 is 1.33 bits per heavy atom. The molecule has 11 heteroatoms. The molecular formula is C13H11F3N2O4S2. The van der Waals surface area contributed by atoms with Gasteiger partial charge < -0.3 is 5.11 Å². The number of thiazole rings is 1. The lowest BCUT2D eigenvalue weighted by molar-refractivity contribution is -0.138. The molecule has 0 bridgehead atoms. The second kappa shape index (κ2) is 6.77. The lowest BCUT2D eigenvalue weighted by atomic mass is 10.1. The van der Waals surface area contributed by atoms with Crippen LogP contribution in [-0.4, -0.2) is 24.5 Å². The first-order valence-corrected chi connectivity index (χ1v) is 8.81. The van der Waals surface area contributed by atoms with Crippen LogP contribution < -0.4 is 4.72 Å². The van der Waals surface area contributed by atoms with E-state index in [1.807, 2.05) is 4.72 Å². The number of carboxylic acids is 1. The maximum absolute atomic E-state index is 13.6. The van der Waals surface area contributed by atoms with E-state index in [-0.39, 0.29) is 28.6 Å². The maximum Gasteiger partial charge on any atom is 0.311 e. The highest BCUT2D eigenvalue weighted by molar-refractivity contribution is 7.93. The van der Waals surface area contributed by atoms with Crippen molar-refractivity contribution >= 4 is 32.5 Å². The van der Waals surface area contributed by atoms with Gasteiger partial charge >= 0.3 is 5.97 Å². The molecule has 0 saturated heterocycles. The molecule has 2 aromatic rings. The number of sulfonamides is 1. The summed E-state index contributed by atoms with van der Waals surface area (Å²) < 4.78 is 66.1. The van der Waals surface area contributed by atoms with E-state index < -0.39 is 44.3 Å². The van der Waals surface area contributed by atoms with Gasteiger partial charge in [0.2, 0.25) is 0 Å². The smallest absolute Gasteiger partial charge is 0.311 e. The molecule has 1 atom stereocenters. The summed E-state index contributed by atoms with van der Waals surface area (Å²) in [7, 11) is -4.70. The molecule has 1 heterocycles. The highest BCUT2D eigenvalue weighted by atomic mass is 32.2.